The van der Waals surface area contributed by atoms with Crippen molar-refractivity contribution < 1.29 is 14.4 Å². The van der Waals surface area contributed by atoms with E-state index < -0.39 is 5.41 Å². The number of piperazine rings is 1. The lowest BCUT2D eigenvalue weighted by atomic mass is 9.95. The van der Waals surface area contributed by atoms with E-state index in [0.29, 0.717) is 30.4 Å². The van der Waals surface area contributed by atoms with Crippen molar-refractivity contribution in [1.29, 1.82) is 0 Å². The second-order valence-electron chi connectivity index (χ2n) is 9.69. The summed E-state index contributed by atoms with van der Waals surface area (Å²) in [7, 11) is 1.82. The van der Waals surface area contributed by atoms with Gasteiger partial charge in [0.1, 0.15) is 11.9 Å². The van der Waals surface area contributed by atoms with Gasteiger partial charge < -0.3 is 15.1 Å². The second kappa shape index (κ2) is 6.89. The summed E-state index contributed by atoms with van der Waals surface area (Å²) < 4.78 is 0. The Morgan fingerprint density at radius 3 is 2.72 bits per heavy atom. The molecular formula is C25H26N4O3. The molecule has 164 valence electrons. The van der Waals surface area contributed by atoms with Crippen LogP contribution in [0.4, 0.5) is 5.82 Å². The van der Waals surface area contributed by atoms with E-state index in [1.807, 2.05) is 37.4 Å². The van der Waals surface area contributed by atoms with Crippen molar-refractivity contribution in [2.75, 3.05) is 25.5 Å². The lowest BCUT2D eigenvalue weighted by molar-refractivity contribution is -0.139. The third kappa shape index (κ3) is 3.02. The number of nitrogens with one attached hydrogen (secondary N) is 1. The quantitative estimate of drug-likeness (QED) is 0.809. The molecule has 7 heteroatoms. The number of hydrogen-bond acceptors (Lipinski definition) is 4. The molecule has 1 aromatic heterocycles. The van der Waals surface area contributed by atoms with E-state index in [0.717, 1.165) is 48.8 Å². The molecule has 3 heterocycles. The van der Waals surface area contributed by atoms with Crippen molar-refractivity contribution in [3.05, 3.63) is 47.7 Å². The molecule has 1 saturated heterocycles. The molecule has 2 aliphatic carbocycles. The first-order valence-electron chi connectivity index (χ1n) is 11.4. The number of amides is 3. The second-order valence-corrected chi connectivity index (χ2v) is 9.69. The maximum Gasteiger partial charge on any atom is 0.254 e. The van der Waals surface area contributed by atoms with E-state index in [1.54, 1.807) is 16.0 Å². The number of carbonyl (C=O) groups is 3. The summed E-state index contributed by atoms with van der Waals surface area (Å²) in [6.45, 7) is 1.11. The van der Waals surface area contributed by atoms with Crippen LogP contribution in [0, 0.1) is 5.92 Å². The summed E-state index contributed by atoms with van der Waals surface area (Å²) in [5.41, 5.74) is 2.93. The Labute approximate surface area is 186 Å². The van der Waals surface area contributed by atoms with E-state index in [2.05, 4.69) is 10.3 Å². The molecule has 1 spiro atoms. The molecule has 2 aliphatic heterocycles. The van der Waals surface area contributed by atoms with Crippen LogP contribution in [0.15, 0.2) is 36.5 Å². The minimum absolute atomic E-state index is 0.0439. The Balaban J connectivity index is 1.30. The van der Waals surface area contributed by atoms with Gasteiger partial charge in [-0.1, -0.05) is 25.0 Å². The van der Waals surface area contributed by atoms with E-state index in [-0.39, 0.29) is 23.8 Å². The van der Waals surface area contributed by atoms with Gasteiger partial charge in [0, 0.05) is 43.0 Å². The first-order chi connectivity index (χ1) is 15.5. The summed E-state index contributed by atoms with van der Waals surface area (Å²) in [6, 6.07) is 9.20. The highest BCUT2D eigenvalue weighted by Crippen LogP contribution is 2.55. The van der Waals surface area contributed by atoms with Crippen LogP contribution in [-0.2, 0) is 15.0 Å². The zero-order chi connectivity index (χ0) is 22.0. The first-order valence-corrected chi connectivity index (χ1v) is 11.4. The summed E-state index contributed by atoms with van der Waals surface area (Å²) in [5, 5.41) is 2.89. The monoisotopic (exact) mass is 430 g/mol. The van der Waals surface area contributed by atoms with Gasteiger partial charge in [0.15, 0.2) is 0 Å². The normalized spacial score (nSPS) is 23.3. The number of pyridine rings is 1. The standard InChI is InChI=1S/C25H26N4O3/c1-28-9-10-29(20(23(28)31)11-15-5-6-15)22(30)17-4-2-3-16(12-17)18-13-19-21(26-14-18)27-24(32)25(19)7-8-25/h2-4,12-15,20H,5-11H2,1H3,(H,26,27,32). The SMILES string of the molecule is CN1CCN(C(=O)c2cccc(-c3cnc4c(c3)C3(CC3)C(=O)N4)c2)C(CC2CC2)C1=O. The smallest absolute Gasteiger partial charge is 0.254 e. The largest absolute Gasteiger partial charge is 0.342 e. The molecule has 3 fully saturated rings. The van der Waals surface area contributed by atoms with E-state index in [4.69, 9.17) is 0 Å². The molecule has 0 bridgehead atoms. The molecule has 1 aromatic carbocycles. The van der Waals surface area contributed by atoms with Gasteiger partial charge in [0.05, 0.1) is 5.41 Å². The van der Waals surface area contributed by atoms with Crippen LogP contribution in [-0.4, -0.2) is 58.7 Å². The van der Waals surface area contributed by atoms with Gasteiger partial charge in [-0.3, -0.25) is 14.4 Å². The van der Waals surface area contributed by atoms with Gasteiger partial charge in [-0.2, -0.15) is 0 Å². The fourth-order valence-corrected chi connectivity index (χ4v) is 5.11. The Bertz CT molecular complexity index is 1150. The third-order valence-electron chi connectivity index (χ3n) is 7.49. The summed E-state index contributed by atoms with van der Waals surface area (Å²) in [4.78, 5) is 46.6. The number of rotatable bonds is 4. The van der Waals surface area contributed by atoms with Crippen molar-refractivity contribution in [2.45, 2.75) is 43.6 Å². The van der Waals surface area contributed by atoms with Gasteiger partial charge in [0.25, 0.3) is 5.91 Å². The van der Waals surface area contributed by atoms with E-state index in [9.17, 15) is 14.4 Å². The average Bonchev–Trinajstić information content (AvgIpc) is 3.72. The van der Waals surface area contributed by atoms with Crippen molar-refractivity contribution in [1.82, 2.24) is 14.8 Å². The maximum absolute atomic E-state index is 13.5. The summed E-state index contributed by atoms with van der Waals surface area (Å²) in [5.74, 6) is 1.21. The number of likely N-dealkylation sites (N-methyl/N-ethyl adjacent to an activating group) is 1. The van der Waals surface area contributed by atoms with Gasteiger partial charge in [-0.25, -0.2) is 4.98 Å². The van der Waals surface area contributed by atoms with E-state index in [1.165, 1.54) is 0 Å². The average molecular weight is 431 g/mol. The number of anilines is 1. The van der Waals surface area contributed by atoms with Gasteiger partial charge in [-0.05, 0) is 48.9 Å². The highest BCUT2D eigenvalue weighted by molar-refractivity contribution is 6.07. The van der Waals surface area contributed by atoms with Crippen molar-refractivity contribution in [3.63, 3.8) is 0 Å². The van der Waals surface area contributed by atoms with Crippen LogP contribution in [0.25, 0.3) is 11.1 Å². The molecule has 0 radical (unpaired) electrons. The number of nitrogens with zero attached hydrogens (tertiary/aromatic N) is 3. The van der Waals surface area contributed by atoms with Gasteiger partial charge in [-0.15, -0.1) is 0 Å². The van der Waals surface area contributed by atoms with Crippen LogP contribution in [0.5, 0.6) is 0 Å². The van der Waals surface area contributed by atoms with Crippen LogP contribution in [0.1, 0.15) is 48.0 Å². The van der Waals surface area contributed by atoms with Crippen LogP contribution >= 0.6 is 0 Å². The van der Waals surface area contributed by atoms with Gasteiger partial charge >= 0.3 is 0 Å². The first kappa shape index (κ1) is 19.5. The molecule has 6 rings (SSSR count). The molecule has 2 aromatic rings. The molecule has 4 aliphatic rings. The lowest BCUT2D eigenvalue weighted by Gasteiger charge is -2.39. The minimum atomic E-state index is -0.401. The number of carbonyl (C=O) groups excluding carboxylic acids is 3. The van der Waals surface area contributed by atoms with Gasteiger partial charge in [0.2, 0.25) is 11.8 Å². The van der Waals surface area contributed by atoms with Crippen molar-refractivity contribution >= 4 is 23.5 Å². The predicted molar refractivity (Wildman–Crippen MR) is 119 cm³/mol. The predicted octanol–water partition coefficient (Wildman–Crippen LogP) is 2.82. The van der Waals surface area contributed by atoms with E-state index >= 15 is 0 Å². The Morgan fingerprint density at radius 2 is 1.97 bits per heavy atom. The van der Waals surface area contributed by atoms with Crippen molar-refractivity contribution in [3.8, 4) is 11.1 Å². The van der Waals surface area contributed by atoms with Crippen molar-refractivity contribution in [2.24, 2.45) is 5.92 Å². The number of fused-ring (bicyclic) bond motifs is 2. The highest BCUT2D eigenvalue weighted by atomic mass is 16.2. The molecule has 1 N–H and O–H groups in total. The molecule has 32 heavy (non-hydrogen) atoms. The molecule has 3 amide bonds. The fraction of sp³-hybridized carbons (Fsp3) is 0.440. The fourth-order valence-electron chi connectivity index (χ4n) is 5.11. The number of hydrogen-bond donors (Lipinski definition) is 1. The summed E-state index contributed by atoms with van der Waals surface area (Å²) >= 11 is 0. The minimum Gasteiger partial charge on any atom is -0.342 e. The third-order valence-corrected chi connectivity index (χ3v) is 7.49. The highest BCUT2D eigenvalue weighted by Gasteiger charge is 2.56. The molecule has 1 atom stereocenters. The summed E-state index contributed by atoms with van der Waals surface area (Å²) in [6.07, 6.45) is 6.51. The Morgan fingerprint density at radius 1 is 1.16 bits per heavy atom. The van der Waals surface area contributed by atoms with Crippen LogP contribution in [0.2, 0.25) is 0 Å². The molecule has 1 unspecified atom stereocenters. The molecule has 7 nitrogen and oxygen atoms in total. The topological polar surface area (TPSA) is 82.6 Å². The Hall–Kier alpha value is -3.22. The maximum atomic E-state index is 13.5. The van der Waals surface area contributed by atoms with Crippen LogP contribution < -0.4 is 5.32 Å². The zero-order valence-corrected chi connectivity index (χ0v) is 18.1. The number of benzene rings is 1. The number of aromatic nitrogens is 1. The zero-order valence-electron chi connectivity index (χ0n) is 18.1. The molecule has 2 saturated carbocycles. The lowest BCUT2D eigenvalue weighted by Crippen LogP contribution is -2.57. The molecular weight excluding hydrogens is 404 g/mol. The van der Waals surface area contributed by atoms with Crippen LogP contribution in [0.3, 0.4) is 0 Å². The Kier molecular flexibility index (Phi) is 4.19.